The van der Waals surface area contributed by atoms with Gasteiger partial charge in [0, 0.05) is 13.0 Å². The van der Waals surface area contributed by atoms with Gasteiger partial charge >= 0.3 is 11.9 Å². The van der Waals surface area contributed by atoms with E-state index in [0.717, 1.165) is 0 Å². The minimum atomic E-state index is -0.511. The predicted molar refractivity (Wildman–Crippen MR) is 55.3 cm³/mol. The van der Waals surface area contributed by atoms with E-state index in [1.807, 2.05) is 0 Å². The SMILES string of the molecule is CC(=O)OCCOC(=O)/C=C/c1ccco1. The first-order valence-corrected chi connectivity index (χ1v) is 4.70. The zero-order valence-corrected chi connectivity index (χ0v) is 8.84. The lowest BCUT2D eigenvalue weighted by molar-refractivity contribution is -0.147. The molecule has 1 aromatic heterocycles. The van der Waals surface area contributed by atoms with Gasteiger partial charge in [-0.15, -0.1) is 0 Å². The Morgan fingerprint density at radius 1 is 1.38 bits per heavy atom. The van der Waals surface area contributed by atoms with Crippen molar-refractivity contribution in [2.75, 3.05) is 13.2 Å². The average Bonchev–Trinajstić information content (AvgIpc) is 2.74. The molecule has 0 N–H and O–H groups in total. The van der Waals surface area contributed by atoms with Gasteiger partial charge in [-0.05, 0) is 18.2 Å². The molecule has 1 heterocycles. The summed E-state index contributed by atoms with van der Waals surface area (Å²) in [5.74, 6) is -0.345. The fraction of sp³-hybridized carbons (Fsp3) is 0.273. The molecule has 0 aliphatic heterocycles. The first kappa shape index (κ1) is 12.0. The maximum atomic E-state index is 11.1. The molecule has 0 radical (unpaired) electrons. The highest BCUT2D eigenvalue weighted by molar-refractivity contribution is 5.86. The number of hydrogen-bond donors (Lipinski definition) is 0. The standard InChI is InChI=1S/C11H12O5/c1-9(12)14-7-8-16-11(13)5-4-10-3-2-6-15-10/h2-6H,7-8H2,1H3/b5-4+. The van der Waals surface area contributed by atoms with Crippen molar-refractivity contribution in [3.8, 4) is 0 Å². The van der Waals surface area contributed by atoms with Crippen LogP contribution in [0.1, 0.15) is 12.7 Å². The summed E-state index contributed by atoms with van der Waals surface area (Å²) in [4.78, 5) is 21.5. The summed E-state index contributed by atoms with van der Waals surface area (Å²) in [6, 6.07) is 3.42. The minimum Gasteiger partial charge on any atom is -0.465 e. The van der Waals surface area contributed by atoms with E-state index in [9.17, 15) is 9.59 Å². The smallest absolute Gasteiger partial charge is 0.331 e. The molecule has 5 nitrogen and oxygen atoms in total. The van der Waals surface area contributed by atoms with Gasteiger partial charge in [-0.3, -0.25) is 4.79 Å². The molecule has 16 heavy (non-hydrogen) atoms. The zero-order valence-electron chi connectivity index (χ0n) is 8.84. The number of carbonyl (C=O) groups excluding carboxylic acids is 2. The van der Waals surface area contributed by atoms with Crippen molar-refractivity contribution in [3.05, 3.63) is 30.2 Å². The Kier molecular flexibility index (Phi) is 4.85. The fourth-order valence-electron chi connectivity index (χ4n) is 0.912. The molecule has 0 saturated heterocycles. The van der Waals surface area contributed by atoms with E-state index >= 15 is 0 Å². The van der Waals surface area contributed by atoms with Gasteiger partial charge in [0.25, 0.3) is 0 Å². The number of rotatable bonds is 5. The van der Waals surface area contributed by atoms with Crippen LogP contribution in [0.25, 0.3) is 6.08 Å². The number of carbonyl (C=O) groups is 2. The second-order valence-electron chi connectivity index (χ2n) is 2.86. The van der Waals surface area contributed by atoms with Crippen molar-refractivity contribution in [2.24, 2.45) is 0 Å². The Labute approximate surface area is 92.6 Å². The molecule has 0 fully saturated rings. The van der Waals surface area contributed by atoms with E-state index < -0.39 is 11.9 Å². The predicted octanol–water partition coefficient (Wildman–Crippen LogP) is 1.40. The molecule has 0 atom stereocenters. The van der Waals surface area contributed by atoms with Crippen molar-refractivity contribution in [1.82, 2.24) is 0 Å². The van der Waals surface area contributed by atoms with Crippen molar-refractivity contribution >= 4 is 18.0 Å². The molecule has 0 bridgehead atoms. The molecular weight excluding hydrogens is 212 g/mol. The van der Waals surface area contributed by atoms with Crippen LogP contribution in [0.5, 0.6) is 0 Å². The Morgan fingerprint density at radius 2 is 2.12 bits per heavy atom. The van der Waals surface area contributed by atoms with E-state index in [4.69, 9.17) is 9.15 Å². The van der Waals surface area contributed by atoms with E-state index in [1.54, 1.807) is 12.1 Å². The second kappa shape index (κ2) is 6.44. The van der Waals surface area contributed by atoms with Crippen molar-refractivity contribution < 1.29 is 23.5 Å². The van der Waals surface area contributed by atoms with Gasteiger partial charge in [-0.2, -0.15) is 0 Å². The van der Waals surface area contributed by atoms with Crippen molar-refractivity contribution in [1.29, 1.82) is 0 Å². The Bertz CT molecular complexity index is 364. The summed E-state index contributed by atoms with van der Waals surface area (Å²) in [6.07, 6.45) is 4.24. The van der Waals surface area contributed by atoms with Gasteiger partial charge in [-0.25, -0.2) is 4.79 Å². The van der Waals surface area contributed by atoms with Gasteiger partial charge in [0.2, 0.25) is 0 Å². The normalized spacial score (nSPS) is 10.3. The van der Waals surface area contributed by atoms with Gasteiger partial charge in [-0.1, -0.05) is 0 Å². The maximum absolute atomic E-state index is 11.1. The van der Waals surface area contributed by atoms with Gasteiger partial charge in [0.15, 0.2) is 0 Å². The molecule has 0 aliphatic carbocycles. The molecular formula is C11H12O5. The first-order chi connectivity index (χ1) is 7.68. The molecule has 5 heteroatoms. The summed E-state index contributed by atoms with van der Waals surface area (Å²) in [6.45, 7) is 1.40. The number of furan rings is 1. The fourth-order valence-corrected chi connectivity index (χ4v) is 0.912. The third-order valence-corrected chi connectivity index (χ3v) is 1.56. The van der Waals surface area contributed by atoms with Gasteiger partial charge in [0.1, 0.15) is 19.0 Å². The Morgan fingerprint density at radius 3 is 2.75 bits per heavy atom. The highest BCUT2D eigenvalue weighted by atomic mass is 16.6. The highest BCUT2D eigenvalue weighted by Gasteiger charge is 1.98. The van der Waals surface area contributed by atoms with E-state index in [0.29, 0.717) is 5.76 Å². The summed E-state index contributed by atoms with van der Waals surface area (Å²) >= 11 is 0. The summed E-state index contributed by atoms with van der Waals surface area (Å²) in [7, 11) is 0. The van der Waals surface area contributed by atoms with E-state index in [2.05, 4.69) is 4.74 Å². The minimum absolute atomic E-state index is 0.0426. The second-order valence-corrected chi connectivity index (χ2v) is 2.86. The lowest BCUT2D eigenvalue weighted by Gasteiger charge is -2.01. The van der Waals surface area contributed by atoms with E-state index in [1.165, 1.54) is 25.3 Å². The Hall–Kier alpha value is -2.04. The molecule has 0 amide bonds. The van der Waals surface area contributed by atoms with Crippen LogP contribution >= 0.6 is 0 Å². The molecule has 0 unspecified atom stereocenters. The van der Waals surface area contributed by atoms with Crippen molar-refractivity contribution in [3.63, 3.8) is 0 Å². The monoisotopic (exact) mass is 224 g/mol. The molecule has 86 valence electrons. The van der Waals surface area contributed by atoms with Crippen LogP contribution in [0, 0.1) is 0 Å². The van der Waals surface area contributed by atoms with E-state index in [-0.39, 0.29) is 13.2 Å². The van der Waals surface area contributed by atoms with Gasteiger partial charge < -0.3 is 13.9 Å². The zero-order chi connectivity index (χ0) is 11.8. The number of esters is 2. The first-order valence-electron chi connectivity index (χ1n) is 4.70. The van der Waals surface area contributed by atoms with Crippen LogP contribution < -0.4 is 0 Å². The molecule has 1 aromatic rings. The van der Waals surface area contributed by atoms with Crippen LogP contribution in [-0.4, -0.2) is 25.2 Å². The molecule has 0 aromatic carbocycles. The molecule has 1 rings (SSSR count). The summed E-state index contributed by atoms with van der Waals surface area (Å²) in [5.41, 5.74) is 0. The number of ether oxygens (including phenoxy) is 2. The highest BCUT2D eigenvalue weighted by Crippen LogP contribution is 2.02. The molecule has 0 aliphatic rings. The summed E-state index contributed by atoms with van der Waals surface area (Å²) < 4.78 is 14.3. The van der Waals surface area contributed by atoms with Gasteiger partial charge in [0.05, 0.1) is 6.26 Å². The van der Waals surface area contributed by atoms with Crippen LogP contribution in [0.4, 0.5) is 0 Å². The largest absolute Gasteiger partial charge is 0.465 e. The number of hydrogen-bond acceptors (Lipinski definition) is 5. The lowest BCUT2D eigenvalue weighted by atomic mass is 10.4. The third kappa shape index (κ3) is 4.99. The third-order valence-electron chi connectivity index (χ3n) is 1.56. The average molecular weight is 224 g/mol. The topological polar surface area (TPSA) is 65.7 Å². The van der Waals surface area contributed by atoms with Crippen LogP contribution in [0.3, 0.4) is 0 Å². The quantitative estimate of drug-likeness (QED) is 0.429. The van der Waals surface area contributed by atoms with Crippen molar-refractivity contribution in [2.45, 2.75) is 6.92 Å². The van der Waals surface area contributed by atoms with Crippen LogP contribution in [0.15, 0.2) is 28.9 Å². The van der Waals surface area contributed by atoms with Crippen LogP contribution in [-0.2, 0) is 19.1 Å². The summed E-state index contributed by atoms with van der Waals surface area (Å²) in [5, 5.41) is 0. The molecule has 0 saturated carbocycles. The molecule has 0 spiro atoms. The maximum Gasteiger partial charge on any atom is 0.331 e. The van der Waals surface area contributed by atoms with Crippen LogP contribution in [0.2, 0.25) is 0 Å². The Balaban J connectivity index is 2.18. The lowest BCUT2D eigenvalue weighted by Crippen LogP contribution is -2.10.